The van der Waals surface area contributed by atoms with Crippen LogP contribution in [0.25, 0.3) is 0 Å². The molecule has 0 aliphatic rings. The molecule has 0 unspecified atom stereocenters. The summed E-state index contributed by atoms with van der Waals surface area (Å²) in [4.78, 5) is 21.3. The molecule has 2 N–H and O–H groups in total. The predicted molar refractivity (Wildman–Crippen MR) is 57.7 cm³/mol. The minimum atomic E-state index is -1.04. The average molecular weight is 262 g/mol. The van der Waals surface area contributed by atoms with Crippen molar-refractivity contribution in [2.75, 3.05) is 6.54 Å². The Morgan fingerprint density at radius 2 is 2.18 bits per heavy atom. The van der Waals surface area contributed by atoms with Gasteiger partial charge in [-0.15, -0.1) is 0 Å². The van der Waals surface area contributed by atoms with Crippen molar-refractivity contribution in [2.24, 2.45) is 0 Å². The van der Waals surface area contributed by atoms with Gasteiger partial charge in [0.15, 0.2) is 5.75 Å². The minimum absolute atomic E-state index is 0.000826. The van der Waals surface area contributed by atoms with Crippen molar-refractivity contribution in [1.29, 1.82) is 0 Å². The second-order valence-electron chi connectivity index (χ2n) is 3.03. The molecule has 7 heteroatoms. The Labute approximate surface area is 101 Å². The van der Waals surface area contributed by atoms with E-state index in [0.717, 1.165) is 12.1 Å². The fourth-order valence-electron chi connectivity index (χ4n) is 0.965. The van der Waals surface area contributed by atoms with Crippen LogP contribution in [0.5, 0.6) is 5.75 Å². The van der Waals surface area contributed by atoms with E-state index in [2.05, 4.69) is 5.32 Å². The number of ether oxygens (including phenoxy) is 1. The zero-order valence-electron chi connectivity index (χ0n) is 8.57. The summed E-state index contributed by atoms with van der Waals surface area (Å²) >= 11 is 5.62. The van der Waals surface area contributed by atoms with Crippen LogP contribution in [-0.4, -0.2) is 23.7 Å². The van der Waals surface area contributed by atoms with Gasteiger partial charge < -0.3 is 15.2 Å². The summed E-state index contributed by atoms with van der Waals surface area (Å²) in [7, 11) is 0. The average Bonchev–Trinajstić information content (AvgIpc) is 2.21. The van der Waals surface area contributed by atoms with Crippen molar-refractivity contribution in [3.05, 3.63) is 29.0 Å². The van der Waals surface area contributed by atoms with Gasteiger partial charge in [0.25, 0.3) is 0 Å². The lowest BCUT2D eigenvalue weighted by Gasteiger charge is -2.06. The van der Waals surface area contributed by atoms with Crippen molar-refractivity contribution in [1.82, 2.24) is 5.32 Å². The summed E-state index contributed by atoms with van der Waals surface area (Å²) in [6, 6.07) is 3.29. The first-order valence-corrected chi connectivity index (χ1v) is 4.99. The highest BCUT2D eigenvalue weighted by molar-refractivity contribution is 6.32. The second kappa shape index (κ2) is 6.05. The normalized spacial score (nSPS) is 9.76. The van der Waals surface area contributed by atoms with Crippen LogP contribution in [0.4, 0.5) is 9.18 Å². The molecular weight excluding hydrogens is 253 g/mol. The van der Waals surface area contributed by atoms with E-state index in [1.165, 1.54) is 6.07 Å². The maximum Gasteiger partial charge on any atom is 0.412 e. The molecular formula is C10H9ClFNO4. The van der Waals surface area contributed by atoms with Crippen LogP contribution in [0, 0.1) is 5.82 Å². The predicted octanol–water partition coefficient (Wildman–Crippen LogP) is 2.04. The van der Waals surface area contributed by atoms with E-state index in [4.69, 9.17) is 21.4 Å². The van der Waals surface area contributed by atoms with Crippen LogP contribution in [0.3, 0.4) is 0 Å². The number of carbonyl (C=O) groups is 2. The molecule has 0 fully saturated rings. The maximum atomic E-state index is 12.7. The Balaban J connectivity index is 2.48. The van der Waals surface area contributed by atoms with Crippen LogP contribution in [0.2, 0.25) is 5.02 Å². The van der Waals surface area contributed by atoms with Gasteiger partial charge in [-0.2, -0.15) is 0 Å². The van der Waals surface area contributed by atoms with Gasteiger partial charge in [-0.25, -0.2) is 9.18 Å². The lowest BCUT2D eigenvalue weighted by atomic mass is 10.3. The number of rotatable bonds is 4. The molecule has 0 atom stereocenters. The zero-order valence-corrected chi connectivity index (χ0v) is 9.33. The van der Waals surface area contributed by atoms with E-state index < -0.39 is 17.9 Å². The number of carbonyl (C=O) groups excluding carboxylic acids is 1. The monoisotopic (exact) mass is 261 g/mol. The number of carboxylic acids is 1. The Hall–Kier alpha value is -1.82. The van der Waals surface area contributed by atoms with E-state index in [1.807, 2.05) is 0 Å². The van der Waals surface area contributed by atoms with E-state index in [1.54, 1.807) is 0 Å². The van der Waals surface area contributed by atoms with Crippen molar-refractivity contribution < 1.29 is 23.8 Å². The van der Waals surface area contributed by atoms with Crippen molar-refractivity contribution in [3.8, 4) is 5.75 Å². The Kier molecular flexibility index (Phi) is 4.71. The Morgan fingerprint density at radius 3 is 2.76 bits per heavy atom. The van der Waals surface area contributed by atoms with Crippen molar-refractivity contribution in [2.45, 2.75) is 6.42 Å². The Bertz CT molecular complexity index is 438. The van der Waals surface area contributed by atoms with Crippen molar-refractivity contribution >= 4 is 23.7 Å². The van der Waals surface area contributed by atoms with E-state index in [-0.39, 0.29) is 23.7 Å². The molecule has 0 heterocycles. The summed E-state index contributed by atoms with van der Waals surface area (Å²) in [5.41, 5.74) is 0. The molecule has 0 bridgehead atoms. The second-order valence-corrected chi connectivity index (χ2v) is 3.44. The first kappa shape index (κ1) is 13.2. The van der Waals surface area contributed by atoms with Crippen LogP contribution < -0.4 is 10.1 Å². The molecule has 92 valence electrons. The van der Waals surface area contributed by atoms with Crippen molar-refractivity contribution in [3.63, 3.8) is 0 Å². The highest BCUT2D eigenvalue weighted by atomic mass is 35.5. The number of aliphatic carboxylic acids is 1. The molecule has 17 heavy (non-hydrogen) atoms. The first-order chi connectivity index (χ1) is 7.99. The standard InChI is InChI=1S/C10H9ClFNO4/c11-7-5-6(12)1-2-8(7)17-10(16)13-4-3-9(14)15/h1-2,5H,3-4H2,(H,13,16)(H,14,15). The summed E-state index contributed by atoms with van der Waals surface area (Å²) in [5, 5.41) is 10.5. The number of benzene rings is 1. The van der Waals surface area contributed by atoms with Crippen LogP contribution in [0.1, 0.15) is 6.42 Å². The third-order valence-electron chi connectivity index (χ3n) is 1.70. The minimum Gasteiger partial charge on any atom is -0.481 e. The molecule has 0 radical (unpaired) electrons. The lowest BCUT2D eigenvalue weighted by molar-refractivity contribution is -0.136. The maximum absolute atomic E-state index is 12.7. The summed E-state index contributed by atoms with van der Waals surface area (Å²) in [5.74, 6) is -1.58. The smallest absolute Gasteiger partial charge is 0.412 e. The number of carboxylic acid groups (broad SMARTS) is 1. The third kappa shape index (κ3) is 4.69. The third-order valence-corrected chi connectivity index (χ3v) is 2.00. The number of nitrogens with one attached hydrogen (secondary N) is 1. The molecule has 1 rings (SSSR count). The van der Waals surface area contributed by atoms with Gasteiger partial charge in [-0.05, 0) is 18.2 Å². The van der Waals surface area contributed by atoms with Gasteiger partial charge in [-0.1, -0.05) is 11.6 Å². The number of halogens is 2. The quantitative estimate of drug-likeness (QED) is 0.870. The molecule has 1 amide bonds. The Morgan fingerprint density at radius 1 is 1.47 bits per heavy atom. The number of amides is 1. The highest BCUT2D eigenvalue weighted by Crippen LogP contribution is 2.24. The number of hydrogen-bond donors (Lipinski definition) is 2. The fourth-order valence-corrected chi connectivity index (χ4v) is 1.17. The molecule has 0 aliphatic carbocycles. The van der Waals surface area contributed by atoms with E-state index >= 15 is 0 Å². The van der Waals surface area contributed by atoms with Gasteiger partial charge in [0.2, 0.25) is 0 Å². The lowest BCUT2D eigenvalue weighted by Crippen LogP contribution is -2.29. The molecule has 0 saturated carbocycles. The first-order valence-electron chi connectivity index (χ1n) is 4.61. The SMILES string of the molecule is O=C(O)CCNC(=O)Oc1ccc(F)cc1Cl. The zero-order chi connectivity index (χ0) is 12.8. The highest BCUT2D eigenvalue weighted by Gasteiger charge is 2.09. The molecule has 5 nitrogen and oxygen atoms in total. The van der Waals surface area contributed by atoms with Crippen LogP contribution in [0.15, 0.2) is 18.2 Å². The number of hydrogen-bond acceptors (Lipinski definition) is 3. The molecule has 0 spiro atoms. The van der Waals surface area contributed by atoms with Gasteiger partial charge in [0.1, 0.15) is 5.82 Å². The largest absolute Gasteiger partial charge is 0.481 e. The molecule has 1 aromatic carbocycles. The summed E-state index contributed by atoms with van der Waals surface area (Å²) in [6.45, 7) is -0.0625. The van der Waals surface area contributed by atoms with Gasteiger partial charge in [0, 0.05) is 6.54 Å². The molecule has 0 aliphatic heterocycles. The molecule has 1 aromatic rings. The van der Waals surface area contributed by atoms with E-state index in [9.17, 15) is 14.0 Å². The summed E-state index contributed by atoms with van der Waals surface area (Å²) in [6.07, 6.45) is -1.06. The van der Waals surface area contributed by atoms with Crippen LogP contribution >= 0.6 is 11.6 Å². The summed E-state index contributed by atoms with van der Waals surface area (Å²) < 4.78 is 17.4. The molecule has 0 saturated heterocycles. The van der Waals surface area contributed by atoms with Gasteiger partial charge >= 0.3 is 12.1 Å². The topological polar surface area (TPSA) is 75.6 Å². The van der Waals surface area contributed by atoms with E-state index in [0.29, 0.717) is 0 Å². The van der Waals surface area contributed by atoms with Crippen LogP contribution in [-0.2, 0) is 4.79 Å². The fraction of sp³-hybridized carbons (Fsp3) is 0.200. The molecule has 0 aromatic heterocycles. The van der Waals surface area contributed by atoms with Gasteiger partial charge in [-0.3, -0.25) is 4.79 Å². The van der Waals surface area contributed by atoms with Gasteiger partial charge in [0.05, 0.1) is 11.4 Å².